The molecule has 0 bridgehead atoms. The van der Waals surface area contributed by atoms with E-state index in [2.05, 4.69) is 48.3 Å². The summed E-state index contributed by atoms with van der Waals surface area (Å²) in [6.45, 7) is 8.98. The highest BCUT2D eigenvalue weighted by Crippen LogP contribution is 2.14. The molecule has 1 fully saturated rings. The number of hydrogen-bond acceptors (Lipinski definition) is 4. The summed E-state index contributed by atoms with van der Waals surface area (Å²) in [6, 6.07) is 8.98. The van der Waals surface area contributed by atoms with Crippen LogP contribution in [-0.4, -0.2) is 50.5 Å². The van der Waals surface area contributed by atoms with Crippen molar-refractivity contribution in [3.05, 3.63) is 29.8 Å². The maximum Gasteiger partial charge on any atom is 0.0741 e. The fraction of sp³-hybridized carbons (Fsp3) is 0.625. The quantitative estimate of drug-likeness (QED) is 0.866. The lowest BCUT2D eigenvalue weighted by molar-refractivity contribution is 0.0342. The summed E-state index contributed by atoms with van der Waals surface area (Å²) in [7, 11) is 1.74. The molecule has 4 heteroatoms. The molecule has 1 aromatic rings. The zero-order valence-electron chi connectivity index (χ0n) is 12.8. The largest absolute Gasteiger partial charge is 0.380 e. The fourth-order valence-electron chi connectivity index (χ4n) is 2.31. The van der Waals surface area contributed by atoms with Gasteiger partial charge in [-0.1, -0.05) is 12.1 Å². The lowest BCUT2D eigenvalue weighted by atomic mass is 10.1. The molecule has 1 aliphatic heterocycles. The van der Waals surface area contributed by atoms with Crippen LogP contribution in [0, 0.1) is 0 Å². The van der Waals surface area contributed by atoms with Gasteiger partial charge in [0.05, 0.1) is 19.3 Å². The van der Waals surface area contributed by atoms with Crippen LogP contribution in [0.25, 0.3) is 0 Å². The third kappa shape index (κ3) is 4.47. The second-order valence-electron chi connectivity index (χ2n) is 5.46. The third-order valence-corrected chi connectivity index (χ3v) is 3.93. The van der Waals surface area contributed by atoms with Crippen LogP contribution in [0.3, 0.4) is 0 Å². The van der Waals surface area contributed by atoms with Gasteiger partial charge in [0, 0.05) is 38.5 Å². The molecule has 0 spiro atoms. The van der Waals surface area contributed by atoms with Crippen LogP contribution in [0.1, 0.15) is 19.4 Å². The van der Waals surface area contributed by atoms with Crippen molar-refractivity contribution >= 4 is 5.69 Å². The van der Waals surface area contributed by atoms with E-state index in [0.29, 0.717) is 6.04 Å². The number of rotatable bonds is 6. The monoisotopic (exact) mass is 278 g/mol. The molecule has 2 unspecified atom stereocenters. The molecule has 1 N–H and O–H groups in total. The van der Waals surface area contributed by atoms with E-state index in [-0.39, 0.29) is 6.10 Å². The summed E-state index contributed by atoms with van der Waals surface area (Å²) in [6.07, 6.45) is 0.197. The van der Waals surface area contributed by atoms with Crippen molar-refractivity contribution in [3.8, 4) is 0 Å². The van der Waals surface area contributed by atoms with Crippen molar-refractivity contribution in [2.24, 2.45) is 0 Å². The molecule has 2 rings (SSSR count). The van der Waals surface area contributed by atoms with Gasteiger partial charge in [0.15, 0.2) is 0 Å². The van der Waals surface area contributed by atoms with E-state index < -0.39 is 0 Å². The minimum absolute atomic E-state index is 0.197. The van der Waals surface area contributed by atoms with Crippen molar-refractivity contribution in [2.45, 2.75) is 32.5 Å². The van der Waals surface area contributed by atoms with Crippen molar-refractivity contribution in [1.82, 2.24) is 4.90 Å². The average molecular weight is 278 g/mol. The van der Waals surface area contributed by atoms with Gasteiger partial charge in [0.1, 0.15) is 0 Å². The van der Waals surface area contributed by atoms with Gasteiger partial charge in [-0.3, -0.25) is 4.90 Å². The lowest BCUT2D eigenvalue weighted by Gasteiger charge is -2.26. The summed E-state index contributed by atoms with van der Waals surface area (Å²) < 4.78 is 10.7. The van der Waals surface area contributed by atoms with Gasteiger partial charge in [-0.15, -0.1) is 0 Å². The number of morpholine rings is 1. The molecule has 20 heavy (non-hydrogen) atoms. The number of nitrogens with zero attached hydrogens (tertiary/aromatic N) is 1. The molecule has 4 nitrogen and oxygen atoms in total. The predicted octanol–water partition coefficient (Wildman–Crippen LogP) is 2.35. The Labute approximate surface area is 122 Å². The van der Waals surface area contributed by atoms with E-state index in [4.69, 9.17) is 9.47 Å². The van der Waals surface area contributed by atoms with E-state index in [1.54, 1.807) is 7.11 Å². The minimum atomic E-state index is 0.197. The van der Waals surface area contributed by atoms with Crippen LogP contribution in [0.5, 0.6) is 0 Å². The smallest absolute Gasteiger partial charge is 0.0741 e. The highest BCUT2D eigenvalue weighted by molar-refractivity contribution is 5.45. The zero-order valence-corrected chi connectivity index (χ0v) is 12.8. The average Bonchev–Trinajstić information content (AvgIpc) is 2.49. The van der Waals surface area contributed by atoms with Crippen molar-refractivity contribution < 1.29 is 9.47 Å². The van der Waals surface area contributed by atoms with Gasteiger partial charge in [-0.25, -0.2) is 0 Å². The van der Waals surface area contributed by atoms with Crippen LogP contribution in [0.15, 0.2) is 24.3 Å². The summed E-state index contributed by atoms with van der Waals surface area (Å²) >= 11 is 0. The zero-order chi connectivity index (χ0) is 14.4. The molecule has 112 valence electrons. The van der Waals surface area contributed by atoms with Crippen molar-refractivity contribution in [3.63, 3.8) is 0 Å². The highest BCUT2D eigenvalue weighted by atomic mass is 16.5. The van der Waals surface area contributed by atoms with E-state index in [0.717, 1.165) is 38.5 Å². The first-order valence-corrected chi connectivity index (χ1v) is 7.37. The molecule has 1 saturated heterocycles. The Hall–Kier alpha value is -1.10. The normalized spacial score (nSPS) is 19.6. The molecular formula is C16H26N2O2. The molecule has 0 saturated carbocycles. The van der Waals surface area contributed by atoms with Crippen LogP contribution in [0.2, 0.25) is 0 Å². The second kappa shape index (κ2) is 7.62. The lowest BCUT2D eigenvalue weighted by Crippen LogP contribution is -2.35. The molecular weight excluding hydrogens is 252 g/mol. The first-order valence-electron chi connectivity index (χ1n) is 7.37. The van der Waals surface area contributed by atoms with Crippen LogP contribution < -0.4 is 5.32 Å². The number of benzene rings is 1. The van der Waals surface area contributed by atoms with E-state index in [1.165, 1.54) is 5.56 Å². The van der Waals surface area contributed by atoms with Gasteiger partial charge in [0.2, 0.25) is 0 Å². The highest BCUT2D eigenvalue weighted by Gasteiger charge is 2.12. The minimum Gasteiger partial charge on any atom is -0.380 e. The Morgan fingerprint density at radius 1 is 1.20 bits per heavy atom. The number of ether oxygens (including phenoxy) is 2. The summed E-state index contributed by atoms with van der Waals surface area (Å²) in [5, 5.41) is 3.46. The Kier molecular flexibility index (Phi) is 5.83. The Morgan fingerprint density at radius 3 is 2.45 bits per heavy atom. The van der Waals surface area contributed by atoms with E-state index in [1.807, 2.05) is 0 Å². The Morgan fingerprint density at radius 2 is 1.85 bits per heavy atom. The molecule has 1 heterocycles. The van der Waals surface area contributed by atoms with E-state index >= 15 is 0 Å². The SMILES string of the molecule is COC(C)C(C)Nc1ccc(CN2CCOCC2)cc1. The topological polar surface area (TPSA) is 33.7 Å². The first-order chi connectivity index (χ1) is 9.69. The van der Waals surface area contributed by atoms with Crippen LogP contribution in [-0.2, 0) is 16.0 Å². The maximum absolute atomic E-state index is 5.37. The standard InChI is InChI=1S/C16H26N2O2/c1-13(14(2)19-3)17-16-6-4-15(5-7-16)12-18-8-10-20-11-9-18/h4-7,13-14,17H,8-12H2,1-3H3. The molecule has 2 atom stereocenters. The van der Waals surface area contributed by atoms with Gasteiger partial charge in [-0.05, 0) is 31.5 Å². The number of methoxy groups -OCH3 is 1. The van der Waals surface area contributed by atoms with Crippen LogP contribution >= 0.6 is 0 Å². The predicted molar refractivity (Wildman–Crippen MR) is 82.1 cm³/mol. The maximum atomic E-state index is 5.37. The van der Waals surface area contributed by atoms with Crippen LogP contribution in [0.4, 0.5) is 5.69 Å². The molecule has 0 aliphatic carbocycles. The van der Waals surface area contributed by atoms with Gasteiger partial charge in [0.25, 0.3) is 0 Å². The number of anilines is 1. The number of hydrogen-bond donors (Lipinski definition) is 1. The fourth-order valence-corrected chi connectivity index (χ4v) is 2.31. The Balaban J connectivity index is 1.85. The molecule has 1 aliphatic rings. The van der Waals surface area contributed by atoms with Gasteiger partial charge >= 0.3 is 0 Å². The summed E-state index contributed by atoms with van der Waals surface area (Å²) in [4.78, 5) is 2.43. The molecule has 1 aromatic carbocycles. The van der Waals surface area contributed by atoms with Gasteiger partial charge < -0.3 is 14.8 Å². The summed E-state index contributed by atoms with van der Waals surface area (Å²) in [5.41, 5.74) is 2.50. The first kappa shape index (κ1) is 15.3. The number of nitrogens with one attached hydrogen (secondary N) is 1. The summed E-state index contributed by atoms with van der Waals surface area (Å²) in [5.74, 6) is 0. The molecule has 0 radical (unpaired) electrons. The van der Waals surface area contributed by atoms with Gasteiger partial charge in [-0.2, -0.15) is 0 Å². The molecule has 0 amide bonds. The van der Waals surface area contributed by atoms with E-state index in [9.17, 15) is 0 Å². The molecule has 0 aromatic heterocycles. The van der Waals surface area contributed by atoms with Crippen molar-refractivity contribution in [1.29, 1.82) is 0 Å². The third-order valence-electron chi connectivity index (χ3n) is 3.93. The Bertz CT molecular complexity index is 365. The second-order valence-corrected chi connectivity index (χ2v) is 5.46. The van der Waals surface area contributed by atoms with Crippen molar-refractivity contribution in [2.75, 3.05) is 38.7 Å².